The number of guanidine groups is 1. The first kappa shape index (κ1) is 23.0. The minimum Gasteiger partial charge on any atom is -0.493 e. The number of ether oxygens (including phenoxy) is 2. The Labute approximate surface area is 176 Å². The van der Waals surface area contributed by atoms with Crippen LogP contribution in [0.25, 0.3) is 0 Å². The molecule has 2 aromatic rings. The van der Waals surface area contributed by atoms with Crippen molar-refractivity contribution in [2.75, 3.05) is 45.7 Å². The van der Waals surface area contributed by atoms with E-state index in [4.69, 9.17) is 9.47 Å². The standard InChI is InChI=1S/C19H28N4O4S2/c1-5-20-19(22-15-9-10-16(26-4)17(14-15)27-6-2)21-11-12-23(3)29(24,25)18-8-7-13-28-18/h7-10,13-14H,5-6,11-12H2,1-4H3,(H2,20,21,22). The highest BCUT2D eigenvalue weighted by Gasteiger charge is 2.21. The van der Waals surface area contributed by atoms with Gasteiger partial charge in [-0.25, -0.2) is 8.42 Å². The van der Waals surface area contributed by atoms with E-state index >= 15 is 0 Å². The first-order chi connectivity index (χ1) is 13.9. The number of likely N-dealkylation sites (N-methyl/N-ethyl adjacent to an activating group) is 1. The summed E-state index contributed by atoms with van der Waals surface area (Å²) in [6.45, 7) is 5.65. The van der Waals surface area contributed by atoms with Gasteiger partial charge in [-0.15, -0.1) is 11.3 Å². The lowest BCUT2D eigenvalue weighted by Gasteiger charge is -2.16. The van der Waals surface area contributed by atoms with Crippen molar-refractivity contribution in [2.24, 2.45) is 4.99 Å². The van der Waals surface area contributed by atoms with E-state index in [9.17, 15) is 8.42 Å². The van der Waals surface area contributed by atoms with Gasteiger partial charge >= 0.3 is 0 Å². The molecule has 0 aliphatic heterocycles. The number of aliphatic imine (C=N–C) groups is 1. The van der Waals surface area contributed by atoms with Crippen molar-refractivity contribution in [1.29, 1.82) is 0 Å². The molecule has 0 unspecified atom stereocenters. The number of hydrogen-bond acceptors (Lipinski definition) is 6. The van der Waals surface area contributed by atoms with E-state index in [-0.39, 0.29) is 6.54 Å². The Kier molecular flexibility index (Phi) is 8.74. The van der Waals surface area contributed by atoms with E-state index in [1.165, 1.54) is 15.6 Å². The Balaban J connectivity index is 2.05. The minimum absolute atomic E-state index is 0.267. The molecular weight excluding hydrogens is 412 g/mol. The van der Waals surface area contributed by atoms with Crippen LogP contribution >= 0.6 is 11.3 Å². The van der Waals surface area contributed by atoms with Crippen LogP contribution in [0.15, 0.2) is 44.9 Å². The van der Waals surface area contributed by atoms with Crippen LogP contribution in [0.3, 0.4) is 0 Å². The third kappa shape index (κ3) is 6.34. The fourth-order valence-electron chi connectivity index (χ4n) is 2.45. The lowest BCUT2D eigenvalue weighted by Crippen LogP contribution is -2.33. The highest BCUT2D eigenvalue weighted by molar-refractivity contribution is 7.91. The van der Waals surface area contributed by atoms with Gasteiger partial charge in [-0.2, -0.15) is 4.31 Å². The molecule has 1 aromatic carbocycles. The molecule has 0 saturated heterocycles. The molecule has 2 rings (SSSR count). The molecule has 0 spiro atoms. The van der Waals surface area contributed by atoms with E-state index in [1.807, 2.05) is 32.0 Å². The molecule has 0 aliphatic rings. The average Bonchev–Trinajstić information content (AvgIpc) is 3.24. The highest BCUT2D eigenvalue weighted by Crippen LogP contribution is 2.30. The number of benzene rings is 1. The van der Waals surface area contributed by atoms with E-state index in [0.29, 0.717) is 41.4 Å². The first-order valence-electron chi connectivity index (χ1n) is 9.28. The van der Waals surface area contributed by atoms with Crippen LogP contribution in [0.2, 0.25) is 0 Å². The summed E-state index contributed by atoms with van der Waals surface area (Å²) in [5.74, 6) is 1.85. The van der Waals surface area contributed by atoms with Crippen LogP contribution in [0.4, 0.5) is 5.69 Å². The Hall–Kier alpha value is -2.30. The number of nitrogens with zero attached hydrogens (tertiary/aromatic N) is 2. The van der Waals surface area contributed by atoms with Crippen LogP contribution < -0.4 is 20.1 Å². The van der Waals surface area contributed by atoms with Crippen molar-refractivity contribution in [1.82, 2.24) is 9.62 Å². The monoisotopic (exact) mass is 440 g/mol. The largest absolute Gasteiger partial charge is 0.493 e. The van der Waals surface area contributed by atoms with Gasteiger partial charge in [0.05, 0.1) is 20.3 Å². The van der Waals surface area contributed by atoms with Gasteiger partial charge in [-0.3, -0.25) is 4.99 Å². The summed E-state index contributed by atoms with van der Waals surface area (Å²) >= 11 is 1.20. The summed E-state index contributed by atoms with van der Waals surface area (Å²) in [6.07, 6.45) is 0. The topological polar surface area (TPSA) is 92.3 Å². The lowest BCUT2D eigenvalue weighted by atomic mass is 10.2. The predicted molar refractivity (Wildman–Crippen MR) is 118 cm³/mol. The fourth-order valence-corrected chi connectivity index (χ4v) is 4.82. The van der Waals surface area contributed by atoms with Crippen LogP contribution in [-0.4, -0.2) is 59.1 Å². The van der Waals surface area contributed by atoms with Crippen LogP contribution in [0, 0.1) is 0 Å². The normalized spacial score (nSPS) is 12.1. The Morgan fingerprint density at radius 3 is 2.66 bits per heavy atom. The summed E-state index contributed by atoms with van der Waals surface area (Å²) in [5.41, 5.74) is 0.786. The maximum Gasteiger partial charge on any atom is 0.252 e. The molecule has 0 bridgehead atoms. The van der Waals surface area contributed by atoms with Gasteiger partial charge in [0, 0.05) is 31.9 Å². The Bertz CT molecular complexity index is 899. The second-order valence-electron chi connectivity index (χ2n) is 5.94. The van der Waals surface area contributed by atoms with E-state index < -0.39 is 10.0 Å². The number of thiophene rings is 1. The second kappa shape index (κ2) is 11.0. The average molecular weight is 441 g/mol. The molecule has 1 aromatic heterocycles. The van der Waals surface area contributed by atoms with Crippen LogP contribution in [0.1, 0.15) is 13.8 Å². The van der Waals surface area contributed by atoms with Gasteiger partial charge in [0.2, 0.25) is 0 Å². The minimum atomic E-state index is -3.47. The Morgan fingerprint density at radius 1 is 1.24 bits per heavy atom. The zero-order valence-electron chi connectivity index (χ0n) is 17.1. The smallest absolute Gasteiger partial charge is 0.252 e. The first-order valence-corrected chi connectivity index (χ1v) is 11.6. The van der Waals surface area contributed by atoms with Gasteiger partial charge in [-0.05, 0) is 37.4 Å². The maximum atomic E-state index is 12.5. The molecule has 2 N–H and O–H groups in total. The highest BCUT2D eigenvalue weighted by atomic mass is 32.2. The van der Waals surface area contributed by atoms with Crippen LogP contribution in [0.5, 0.6) is 11.5 Å². The molecule has 0 fully saturated rings. The number of sulfonamides is 1. The molecule has 160 valence electrons. The van der Waals surface area contributed by atoms with Gasteiger partial charge in [0.15, 0.2) is 17.5 Å². The molecule has 10 heteroatoms. The molecule has 0 atom stereocenters. The Morgan fingerprint density at radius 2 is 2.03 bits per heavy atom. The van der Waals surface area contributed by atoms with Gasteiger partial charge in [0.1, 0.15) is 4.21 Å². The molecule has 8 nitrogen and oxygen atoms in total. The quantitative estimate of drug-likeness (QED) is 0.436. The predicted octanol–water partition coefficient (Wildman–Crippen LogP) is 2.85. The maximum absolute atomic E-state index is 12.5. The zero-order chi connectivity index (χ0) is 21.3. The van der Waals surface area contributed by atoms with Gasteiger partial charge in [0.25, 0.3) is 10.0 Å². The zero-order valence-corrected chi connectivity index (χ0v) is 18.8. The molecule has 0 saturated carbocycles. The summed E-state index contributed by atoms with van der Waals surface area (Å²) in [4.78, 5) is 4.48. The summed E-state index contributed by atoms with van der Waals surface area (Å²) in [5, 5.41) is 8.11. The third-order valence-corrected chi connectivity index (χ3v) is 7.14. The van der Waals surface area contributed by atoms with Crippen molar-refractivity contribution in [2.45, 2.75) is 18.1 Å². The number of anilines is 1. The van der Waals surface area contributed by atoms with Gasteiger partial charge < -0.3 is 20.1 Å². The van der Waals surface area contributed by atoms with Crippen molar-refractivity contribution in [3.05, 3.63) is 35.7 Å². The fraction of sp³-hybridized carbons (Fsp3) is 0.421. The van der Waals surface area contributed by atoms with E-state index in [1.54, 1.807) is 31.7 Å². The van der Waals surface area contributed by atoms with E-state index in [2.05, 4.69) is 15.6 Å². The number of methoxy groups -OCH3 is 1. The molecule has 0 radical (unpaired) electrons. The number of nitrogens with one attached hydrogen (secondary N) is 2. The third-order valence-electron chi connectivity index (χ3n) is 3.91. The summed E-state index contributed by atoms with van der Waals surface area (Å²) < 4.78 is 37.5. The lowest BCUT2D eigenvalue weighted by molar-refractivity contribution is 0.311. The van der Waals surface area contributed by atoms with Crippen molar-refractivity contribution < 1.29 is 17.9 Å². The van der Waals surface area contributed by atoms with Crippen molar-refractivity contribution in [3.8, 4) is 11.5 Å². The number of hydrogen-bond donors (Lipinski definition) is 2. The molecule has 0 aliphatic carbocycles. The molecular formula is C19H28N4O4S2. The van der Waals surface area contributed by atoms with E-state index in [0.717, 1.165) is 5.69 Å². The second-order valence-corrected chi connectivity index (χ2v) is 9.16. The summed E-state index contributed by atoms with van der Waals surface area (Å²) in [7, 11) is -0.320. The van der Waals surface area contributed by atoms with Gasteiger partial charge in [-0.1, -0.05) is 6.07 Å². The molecule has 0 amide bonds. The SMILES string of the molecule is CCNC(=NCCN(C)S(=O)(=O)c1cccs1)Nc1ccc(OC)c(OCC)c1. The van der Waals surface area contributed by atoms with Crippen LogP contribution in [-0.2, 0) is 10.0 Å². The van der Waals surface area contributed by atoms with Crippen molar-refractivity contribution >= 4 is 33.0 Å². The van der Waals surface area contributed by atoms with Crippen molar-refractivity contribution in [3.63, 3.8) is 0 Å². The number of rotatable bonds is 10. The molecule has 29 heavy (non-hydrogen) atoms. The summed E-state index contributed by atoms with van der Waals surface area (Å²) in [6, 6.07) is 8.84. The molecule has 1 heterocycles.